The second kappa shape index (κ2) is 25.9. The van der Waals surface area contributed by atoms with Crippen molar-refractivity contribution in [1.29, 1.82) is 0 Å². The lowest BCUT2D eigenvalue weighted by molar-refractivity contribution is -0.137. The highest BCUT2D eigenvalue weighted by atomic mass is 32.2. The van der Waals surface area contributed by atoms with Crippen LogP contribution in [-0.2, 0) is 37.9 Å². The summed E-state index contributed by atoms with van der Waals surface area (Å²) in [4.78, 5) is 44.7. The number of sulfonamides is 1. The van der Waals surface area contributed by atoms with Crippen LogP contribution in [0.15, 0.2) is 83.9 Å². The van der Waals surface area contributed by atoms with Crippen LogP contribution in [0.3, 0.4) is 0 Å². The molecule has 0 spiro atoms. The molecule has 3 fully saturated rings. The number of nitrogens with zero attached hydrogens (tertiary/aromatic N) is 9. The van der Waals surface area contributed by atoms with Crippen LogP contribution < -0.4 is 29.2 Å². The number of carboxylic acids is 1. The molecule has 4 atom stereocenters. The number of rotatable bonds is 20. The van der Waals surface area contributed by atoms with Gasteiger partial charge in [0.15, 0.2) is 5.82 Å². The number of aryl methyl sites for hydroxylation is 2. The number of nitrogens with one attached hydrogen (secondary N) is 1. The maximum Gasteiger partial charge on any atom is 0.319 e. The number of fused-ring (bicyclic) bond motifs is 5. The van der Waals surface area contributed by atoms with Crippen molar-refractivity contribution in [3.05, 3.63) is 118 Å². The number of aliphatic carboxylic acids is 1. The number of aromatic nitrogens is 6. The number of amides is 1. The average molecular weight is 1260 g/mol. The molecule has 3 aromatic heterocycles. The molecule has 0 bridgehead atoms. The van der Waals surface area contributed by atoms with E-state index in [1.807, 2.05) is 49.9 Å². The number of ether oxygens (including phenoxy) is 5. The van der Waals surface area contributed by atoms with E-state index in [0.717, 1.165) is 44.3 Å². The van der Waals surface area contributed by atoms with E-state index in [1.54, 1.807) is 29.9 Å². The number of halogens is 2. The molecule has 3 saturated heterocycles. The van der Waals surface area contributed by atoms with Crippen LogP contribution in [0.4, 0.5) is 14.6 Å². The molecular formula is C67H72F2N10O11S. The van der Waals surface area contributed by atoms with Gasteiger partial charge in [-0.15, -0.1) is 11.5 Å². The van der Waals surface area contributed by atoms with E-state index < -0.39 is 45.6 Å². The molecule has 3 N–H and O–H groups in total. The molecule has 1 amide bonds. The summed E-state index contributed by atoms with van der Waals surface area (Å²) in [5, 5.41) is 33.2. The Morgan fingerprint density at radius 1 is 0.945 bits per heavy atom. The van der Waals surface area contributed by atoms with Crippen LogP contribution in [0.1, 0.15) is 92.5 Å². The van der Waals surface area contributed by atoms with Crippen LogP contribution in [0.5, 0.6) is 29.0 Å². The molecule has 8 aromatic rings. The molecule has 0 radical (unpaired) electrons. The summed E-state index contributed by atoms with van der Waals surface area (Å²) in [7, 11) is -0.878. The third-order valence-electron chi connectivity index (χ3n) is 18.5. The molecule has 476 valence electrons. The van der Waals surface area contributed by atoms with Crippen molar-refractivity contribution in [3.63, 3.8) is 0 Å². The quantitative estimate of drug-likeness (QED) is 0.0476. The highest BCUT2D eigenvalue weighted by Crippen LogP contribution is 2.43. The summed E-state index contributed by atoms with van der Waals surface area (Å²) in [6.45, 7) is 9.55. The van der Waals surface area contributed by atoms with Gasteiger partial charge >= 0.3 is 12.0 Å². The Hall–Kier alpha value is -8.76. The van der Waals surface area contributed by atoms with Gasteiger partial charge in [-0.25, -0.2) is 21.9 Å². The van der Waals surface area contributed by atoms with E-state index in [2.05, 4.69) is 36.4 Å². The number of piperidine rings is 1. The maximum absolute atomic E-state index is 17.3. The predicted molar refractivity (Wildman–Crippen MR) is 336 cm³/mol. The van der Waals surface area contributed by atoms with Gasteiger partial charge in [0, 0.05) is 74.8 Å². The predicted octanol–water partition coefficient (Wildman–Crippen LogP) is 9.06. The summed E-state index contributed by atoms with van der Waals surface area (Å²) >= 11 is 0. The van der Waals surface area contributed by atoms with Gasteiger partial charge in [-0.05, 0) is 136 Å². The summed E-state index contributed by atoms with van der Waals surface area (Å²) in [5.41, 5.74) is 3.66. The number of aromatic hydroxyl groups is 1. The first kappa shape index (κ1) is 62.4. The van der Waals surface area contributed by atoms with Gasteiger partial charge < -0.3 is 44.1 Å². The lowest BCUT2D eigenvalue weighted by Crippen LogP contribution is -2.44. The largest absolute Gasteiger partial charge is 0.508 e. The van der Waals surface area contributed by atoms with Gasteiger partial charge in [0.05, 0.1) is 55.3 Å². The Labute approximate surface area is 525 Å². The first-order chi connectivity index (χ1) is 43.8. The third kappa shape index (κ3) is 12.5. The minimum atomic E-state index is -4.16. The zero-order valence-electron chi connectivity index (χ0n) is 51.4. The fourth-order valence-corrected chi connectivity index (χ4v) is 15.1. The summed E-state index contributed by atoms with van der Waals surface area (Å²) in [6, 6.07) is 19.2. The zero-order chi connectivity index (χ0) is 63.9. The molecule has 4 aliphatic rings. The number of phenolic OH excluding ortho intramolecular Hbond substituents is 1. The number of anilines is 1. The van der Waals surface area contributed by atoms with Gasteiger partial charge in [-0.3, -0.25) is 19.5 Å². The molecule has 12 rings (SSSR count). The number of benzene rings is 5. The third-order valence-corrected chi connectivity index (χ3v) is 20.3. The first-order valence-electron chi connectivity index (χ1n) is 30.7. The Morgan fingerprint density at radius 3 is 2.54 bits per heavy atom. The monoisotopic (exact) mass is 1260 g/mol. The molecule has 4 aliphatic heterocycles. The van der Waals surface area contributed by atoms with Crippen molar-refractivity contribution in [2.24, 2.45) is 18.9 Å². The molecule has 3 unspecified atom stereocenters. The lowest BCUT2D eigenvalue weighted by atomic mass is 9.86. The minimum absolute atomic E-state index is 0.0159. The second-order valence-electron chi connectivity index (χ2n) is 24.3. The maximum atomic E-state index is 17.3. The molecule has 0 saturated carbocycles. The molecule has 0 aliphatic carbocycles. The van der Waals surface area contributed by atoms with E-state index in [4.69, 9.17) is 35.1 Å². The fraction of sp³-hybridized carbons (Fsp3) is 0.418. The highest BCUT2D eigenvalue weighted by Gasteiger charge is 2.45. The molecule has 21 nitrogen and oxygen atoms in total. The number of carbonyl (C=O) groups excluding carboxylic acids is 1. The van der Waals surface area contributed by atoms with Crippen molar-refractivity contribution < 1.29 is 60.7 Å². The number of methoxy groups -OCH3 is 1. The van der Waals surface area contributed by atoms with Gasteiger partial charge in [0.1, 0.15) is 75.0 Å². The number of hydrogen-bond acceptors (Lipinski definition) is 17. The lowest BCUT2D eigenvalue weighted by Gasteiger charge is -2.34. The van der Waals surface area contributed by atoms with Crippen molar-refractivity contribution in [1.82, 2.24) is 44.5 Å². The molecule has 5 aromatic carbocycles. The Kier molecular flexibility index (Phi) is 17.7. The van der Waals surface area contributed by atoms with Crippen LogP contribution in [0, 0.1) is 42.7 Å². The van der Waals surface area contributed by atoms with E-state index >= 15 is 8.78 Å². The second-order valence-corrected chi connectivity index (χ2v) is 26.2. The number of hydrogen-bond donors (Lipinski definition) is 3. The van der Waals surface area contributed by atoms with Crippen LogP contribution in [0.2, 0.25) is 0 Å². The summed E-state index contributed by atoms with van der Waals surface area (Å²) in [5.74, 6) is -0.489. The van der Waals surface area contributed by atoms with Crippen LogP contribution >= 0.6 is 0 Å². The Balaban J connectivity index is 0.688. The summed E-state index contributed by atoms with van der Waals surface area (Å²) < 4.78 is 95.3. The Morgan fingerprint density at radius 2 is 1.76 bits per heavy atom. The zero-order valence-corrected chi connectivity index (χ0v) is 52.2. The Bertz CT molecular complexity index is 4290. The van der Waals surface area contributed by atoms with Crippen molar-refractivity contribution in [2.75, 3.05) is 77.7 Å². The number of carbonyl (C=O) groups is 2. The molecule has 91 heavy (non-hydrogen) atoms. The topological polar surface area (TPSA) is 246 Å². The van der Waals surface area contributed by atoms with E-state index in [1.165, 1.54) is 47.9 Å². The number of carboxylic acid groups (broad SMARTS) is 1. The molecular weight excluding hydrogens is 1190 g/mol. The van der Waals surface area contributed by atoms with Crippen LogP contribution in [0.25, 0.3) is 44.0 Å². The van der Waals surface area contributed by atoms with Gasteiger partial charge in [0.25, 0.3) is 0 Å². The highest BCUT2D eigenvalue weighted by molar-refractivity contribution is 7.89. The SMILES string of the molecule is C#Cc1c(F)ccc2cc(O)cc(-c3ncc4c(N5CCCC(C(=O)NCCOCCOc6ccc7c(c6)OC(C)[C@H](C)CN(Cc6cc(C(CC(=O)O)c8cc(OC)c9c(c8)nnn9C)ccc6C)S7(=O)=O)C5)nc(OCC56CCCN5CCC6)nc4c3F)c12. The number of pyridine rings is 1. The first-order valence-corrected chi connectivity index (χ1v) is 32.2. The molecule has 7 heterocycles. The smallest absolute Gasteiger partial charge is 0.319 e. The average Bonchev–Trinajstić information content (AvgIpc) is 1.54. The van der Waals surface area contributed by atoms with E-state index in [-0.39, 0.29) is 125 Å². The van der Waals surface area contributed by atoms with E-state index in [9.17, 15) is 28.2 Å². The van der Waals surface area contributed by atoms with Gasteiger partial charge in [-0.1, -0.05) is 42.3 Å². The van der Waals surface area contributed by atoms with Crippen molar-refractivity contribution in [3.8, 4) is 52.6 Å². The number of terminal acetylenes is 1. The number of phenols is 1. The fourth-order valence-electron chi connectivity index (χ4n) is 13.5. The van der Waals surface area contributed by atoms with Gasteiger partial charge in [0.2, 0.25) is 15.9 Å². The van der Waals surface area contributed by atoms with Gasteiger partial charge in [-0.2, -0.15) is 14.3 Å². The van der Waals surface area contributed by atoms with Crippen molar-refractivity contribution in [2.45, 2.75) is 94.7 Å². The molecule has 24 heteroatoms. The van der Waals surface area contributed by atoms with Crippen molar-refractivity contribution >= 4 is 60.4 Å². The van der Waals surface area contributed by atoms with Crippen LogP contribution in [-0.4, -0.2) is 154 Å². The normalized spacial score (nSPS) is 19.3. The summed E-state index contributed by atoms with van der Waals surface area (Å²) in [6.07, 6.45) is 11.8. The van der Waals surface area contributed by atoms with E-state index in [0.29, 0.717) is 76.4 Å². The standard InChI is InChI=1S/C67H72F2N10O11S/c1-7-49-53(68)16-14-43-28-47(80)31-51(59(43)49)61-60(69)62-52(34-71-61)64(73-66(72-62)89-38-67-18-9-22-78(67)23-10-19-67)77-21-8-11-44(36-77)65(83)70-20-24-87-25-26-88-48-15-17-57-55(32-48)90-41(4)40(3)35-79(91(57,84)85)37-46-27-42(13-12-39(46)2)50(33-58(81)82)45-29-54-63(56(30-45)86-6)76(5)75-74-54/h1,12-17,27-32,34,40-41,44,50,80H,8-11,18-26,33,35-38H2,2-6H3,(H,70,83)(H,81,82)/t40-,41?,44?,50?/m1/s1. The minimum Gasteiger partial charge on any atom is -0.508 e.